The third-order valence-corrected chi connectivity index (χ3v) is 9.81. The van der Waals surface area contributed by atoms with E-state index in [1.54, 1.807) is 0 Å². The van der Waals surface area contributed by atoms with Crippen LogP contribution in [-0.4, -0.2) is 17.5 Å². The van der Waals surface area contributed by atoms with Crippen LogP contribution in [0, 0.1) is 46.3 Å². The van der Waals surface area contributed by atoms with Crippen molar-refractivity contribution in [1.29, 1.82) is 0 Å². The SMILES string of the molecule is CC.CC1CCC2(C)C(CCC3C2CCC2(C)C(/C(N)=C/C(=O)CO)CCC32)C1. The van der Waals surface area contributed by atoms with Crippen LogP contribution < -0.4 is 5.73 Å². The first-order valence-corrected chi connectivity index (χ1v) is 12.4. The van der Waals surface area contributed by atoms with Gasteiger partial charge in [-0.15, -0.1) is 0 Å². The average Bonchev–Trinajstić information content (AvgIpc) is 3.07. The lowest BCUT2D eigenvalue weighted by molar-refractivity contribution is -0.117. The number of carbonyl (C=O) groups excluding carboxylic acids is 1. The Morgan fingerprint density at radius 3 is 2.34 bits per heavy atom. The fourth-order valence-corrected chi connectivity index (χ4v) is 8.35. The van der Waals surface area contributed by atoms with Gasteiger partial charge >= 0.3 is 0 Å². The van der Waals surface area contributed by atoms with E-state index in [1.165, 1.54) is 57.4 Å². The van der Waals surface area contributed by atoms with Crippen LogP contribution >= 0.6 is 0 Å². The maximum atomic E-state index is 11.7. The summed E-state index contributed by atoms with van der Waals surface area (Å²) in [4.78, 5) is 11.7. The molecule has 8 atom stereocenters. The third kappa shape index (κ3) is 3.82. The van der Waals surface area contributed by atoms with Crippen LogP contribution in [0.2, 0.25) is 0 Å². The maximum absolute atomic E-state index is 11.7. The highest BCUT2D eigenvalue weighted by Crippen LogP contribution is 2.68. The zero-order chi connectivity index (χ0) is 21.4. The van der Waals surface area contributed by atoms with Crippen molar-refractivity contribution in [3.8, 4) is 0 Å². The third-order valence-electron chi connectivity index (χ3n) is 9.81. The largest absolute Gasteiger partial charge is 0.402 e. The molecule has 0 aliphatic heterocycles. The van der Waals surface area contributed by atoms with Crippen molar-refractivity contribution in [1.82, 2.24) is 0 Å². The van der Waals surface area contributed by atoms with E-state index in [1.807, 2.05) is 13.8 Å². The summed E-state index contributed by atoms with van der Waals surface area (Å²) in [5, 5.41) is 9.08. The molecule has 29 heavy (non-hydrogen) atoms. The Morgan fingerprint density at radius 2 is 1.66 bits per heavy atom. The molecule has 3 N–H and O–H groups in total. The maximum Gasteiger partial charge on any atom is 0.182 e. The Hall–Kier alpha value is -0.830. The lowest BCUT2D eigenvalue weighted by atomic mass is 9.44. The van der Waals surface area contributed by atoms with E-state index in [9.17, 15) is 4.79 Å². The summed E-state index contributed by atoms with van der Waals surface area (Å²) >= 11 is 0. The molecule has 4 aliphatic rings. The van der Waals surface area contributed by atoms with Gasteiger partial charge in [0.15, 0.2) is 5.78 Å². The highest BCUT2D eigenvalue weighted by Gasteiger charge is 2.60. The highest BCUT2D eigenvalue weighted by atomic mass is 16.3. The van der Waals surface area contributed by atoms with Crippen molar-refractivity contribution in [3.63, 3.8) is 0 Å². The van der Waals surface area contributed by atoms with Crippen molar-refractivity contribution >= 4 is 5.78 Å². The van der Waals surface area contributed by atoms with Gasteiger partial charge in [0.25, 0.3) is 0 Å². The van der Waals surface area contributed by atoms with E-state index in [4.69, 9.17) is 10.8 Å². The van der Waals surface area contributed by atoms with Gasteiger partial charge in [0.05, 0.1) is 0 Å². The molecule has 4 fully saturated rings. The number of allylic oxidation sites excluding steroid dienone is 1. The van der Waals surface area contributed by atoms with E-state index >= 15 is 0 Å². The predicted molar refractivity (Wildman–Crippen MR) is 120 cm³/mol. The number of hydrogen-bond donors (Lipinski definition) is 2. The van der Waals surface area contributed by atoms with Crippen LogP contribution in [0.4, 0.5) is 0 Å². The molecule has 3 nitrogen and oxygen atoms in total. The number of rotatable bonds is 3. The molecule has 3 heteroatoms. The highest BCUT2D eigenvalue weighted by molar-refractivity contribution is 5.91. The summed E-state index contributed by atoms with van der Waals surface area (Å²) < 4.78 is 0. The van der Waals surface area contributed by atoms with Gasteiger partial charge in [-0.2, -0.15) is 0 Å². The molecule has 4 saturated carbocycles. The Labute approximate surface area is 178 Å². The molecule has 0 radical (unpaired) electrons. The number of nitrogens with two attached hydrogens (primary N) is 1. The van der Waals surface area contributed by atoms with Crippen LogP contribution in [0.5, 0.6) is 0 Å². The van der Waals surface area contributed by atoms with Gasteiger partial charge in [-0.1, -0.05) is 41.0 Å². The molecule has 0 bridgehead atoms. The number of ketones is 1. The Bertz CT molecular complexity index is 628. The lowest BCUT2D eigenvalue weighted by Gasteiger charge is -2.61. The van der Waals surface area contributed by atoms with Crippen molar-refractivity contribution in [3.05, 3.63) is 11.8 Å². The molecule has 4 aliphatic carbocycles. The van der Waals surface area contributed by atoms with E-state index in [0.717, 1.165) is 41.7 Å². The number of fused-ring (bicyclic) bond motifs is 5. The second-order valence-electron chi connectivity index (χ2n) is 11.0. The molecule has 166 valence electrons. The van der Waals surface area contributed by atoms with Gasteiger partial charge in [0, 0.05) is 17.7 Å². The minimum absolute atomic E-state index is 0.239. The summed E-state index contributed by atoms with van der Waals surface area (Å²) in [6, 6.07) is 0. The fourth-order valence-electron chi connectivity index (χ4n) is 8.35. The summed E-state index contributed by atoms with van der Waals surface area (Å²) in [6.45, 7) is 11.1. The number of aliphatic hydroxyl groups is 1. The molecule has 0 saturated heterocycles. The van der Waals surface area contributed by atoms with Crippen molar-refractivity contribution in [2.75, 3.05) is 6.61 Å². The molecule has 4 rings (SSSR count). The summed E-state index contributed by atoms with van der Waals surface area (Å²) in [5.74, 6) is 4.42. The molecule has 0 aromatic heterocycles. The second-order valence-corrected chi connectivity index (χ2v) is 11.0. The van der Waals surface area contributed by atoms with E-state index < -0.39 is 6.61 Å². The zero-order valence-electron chi connectivity index (χ0n) is 19.5. The van der Waals surface area contributed by atoms with Gasteiger partial charge in [-0.25, -0.2) is 0 Å². The van der Waals surface area contributed by atoms with Gasteiger partial charge < -0.3 is 10.8 Å². The first-order valence-electron chi connectivity index (χ1n) is 12.4. The van der Waals surface area contributed by atoms with Gasteiger partial charge in [-0.3, -0.25) is 4.79 Å². The lowest BCUT2D eigenvalue weighted by Crippen LogP contribution is -2.53. The molecule has 8 unspecified atom stereocenters. The summed E-state index contributed by atoms with van der Waals surface area (Å²) in [5.41, 5.74) is 7.92. The smallest absolute Gasteiger partial charge is 0.182 e. The van der Waals surface area contributed by atoms with E-state index in [0.29, 0.717) is 11.3 Å². The monoisotopic (exact) mass is 403 g/mol. The fraction of sp³-hybridized carbons (Fsp3) is 0.885. The van der Waals surface area contributed by atoms with Gasteiger partial charge in [0.2, 0.25) is 0 Å². The average molecular weight is 404 g/mol. The van der Waals surface area contributed by atoms with Crippen LogP contribution in [0.1, 0.15) is 92.4 Å². The number of carbonyl (C=O) groups is 1. The van der Waals surface area contributed by atoms with E-state index in [-0.39, 0.29) is 11.2 Å². The Morgan fingerprint density at radius 1 is 1.00 bits per heavy atom. The van der Waals surface area contributed by atoms with Crippen molar-refractivity contribution in [2.45, 2.75) is 92.4 Å². The molecule has 0 amide bonds. The number of aliphatic hydroxyl groups excluding tert-OH is 1. The number of hydrogen-bond acceptors (Lipinski definition) is 3. The Balaban J connectivity index is 0.00000117. The van der Waals surface area contributed by atoms with Crippen molar-refractivity contribution in [2.24, 2.45) is 52.1 Å². The predicted octanol–water partition coefficient (Wildman–Crippen LogP) is 5.71. The summed E-state index contributed by atoms with van der Waals surface area (Å²) in [7, 11) is 0. The van der Waals surface area contributed by atoms with Crippen molar-refractivity contribution < 1.29 is 9.90 Å². The van der Waals surface area contributed by atoms with Gasteiger partial charge in [0.1, 0.15) is 6.61 Å². The van der Waals surface area contributed by atoms with E-state index in [2.05, 4.69) is 20.8 Å². The standard InChI is InChI=1S/C24H39NO2.C2H6/c1-15-8-10-23(2)16(12-15)4-5-18-19-6-7-21(22(25)13-17(27)14-26)24(19,3)11-9-20(18)23;1-2/h13,15-16,18-21,26H,4-12,14,25H2,1-3H3;1-2H3/b22-13-;. The minimum Gasteiger partial charge on any atom is -0.402 e. The molecular formula is C26H45NO2. The van der Waals surface area contributed by atoms with Crippen LogP contribution in [0.3, 0.4) is 0 Å². The zero-order valence-corrected chi connectivity index (χ0v) is 19.5. The van der Waals surface area contributed by atoms with Crippen LogP contribution in [-0.2, 0) is 4.79 Å². The molecule has 0 heterocycles. The van der Waals surface area contributed by atoms with Crippen LogP contribution in [0.25, 0.3) is 0 Å². The van der Waals surface area contributed by atoms with Gasteiger partial charge in [-0.05, 0) is 91.8 Å². The Kier molecular flexibility index (Phi) is 6.88. The minimum atomic E-state index is -0.434. The molecule has 0 spiro atoms. The first-order chi connectivity index (χ1) is 13.8. The van der Waals surface area contributed by atoms with Crippen LogP contribution in [0.15, 0.2) is 11.8 Å². The second kappa shape index (κ2) is 8.73. The first kappa shape index (κ1) is 22.8. The summed E-state index contributed by atoms with van der Waals surface area (Å²) in [6.07, 6.45) is 13.6. The quantitative estimate of drug-likeness (QED) is 0.593. The molecular weight excluding hydrogens is 358 g/mol. The molecule has 0 aromatic carbocycles. The molecule has 0 aromatic rings. The normalized spacial score (nSPS) is 46.6. The topological polar surface area (TPSA) is 63.3 Å².